The van der Waals surface area contributed by atoms with Crippen molar-refractivity contribution in [2.24, 2.45) is 7.05 Å². The van der Waals surface area contributed by atoms with Crippen molar-refractivity contribution >= 4 is 34.2 Å². The molecule has 1 amide bonds. The van der Waals surface area contributed by atoms with Crippen molar-refractivity contribution in [2.45, 2.75) is 40.0 Å². The molecule has 0 atom stereocenters. The number of aryl methyl sites for hydroxylation is 1. The molecule has 0 saturated heterocycles. The van der Waals surface area contributed by atoms with Crippen molar-refractivity contribution < 1.29 is 37.0 Å². The van der Waals surface area contributed by atoms with E-state index in [1.165, 1.54) is 14.0 Å². The zero-order valence-electron chi connectivity index (χ0n) is 16.8. The number of anilines is 1. The lowest BCUT2D eigenvalue weighted by Crippen LogP contribution is -2.18. The van der Waals surface area contributed by atoms with Crippen LogP contribution in [0.1, 0.15) is 62.5 Å². The summed E-state index contributed by atoms with van der Waals surface area (Å²) < 4.78 is 49.5. The van der Waals surface area contributed by atoms with Crippen LogP contribution in [0.4, 0.5) is 18.2 Å². The fourth-order valence-electron chi connectivity index (χ4n) is 2.50. The average molecular weight is 447 g/mol. The summed E-state index contributed by atoms with van der Waals surface area (Å²) in [7, 11) is 1.18. The molecule has 2 rings (SSSR count). The number of ether oxygens (including phenoxy) is 2. The predicted molar refractivity (Wildman–Crippen MR) is 102 cm³/mol. The van der Waals surface area contributed by atoms with Gasteiger partial charge in [0.25, 0.3) is 5.91 Å². The molecule has 8 nitrogen and oxygen atoms in total. The summed E-state index contributed by atoms with van der Waals surface area (Å²) >= 11 is 0.772. The lowest BCUT2D eigenvalue weighted by Gasteiger charge is -2.10. The highest BCUT2D eigenvalue weighted by Gasteiger charge is 2.36. The quantitative estimate of drug-likeness (QED) is 0.677. The molecule has 2 heterocycles. The van der Waals surface area contributed by atoms with Crippen molar-refractivity contribution in [3.8, 4) is 0 Å². The highest BCUT2D eigenvalue weighted by atomic mass is 32.1. The first-order valence-corrected chi connectivity index (χ1v) is 9.62. The molecule has 12 heteroatoms. The van der Waals surface area contributed by atoms with E-state index in [2.05, 4.69) is 10.4 Å². The van der Waals surface area contributed by atoms with Crippen LogP contribution in [0.2, 0.25) is 0 Å². The molecule has 0 fully saturated rings. The monoisotopic (exact) mass is 447 g/mol. The minimum Gasteiger partial charge on any atom is -0.462 e. The lowest BCUT2D eigenvalue weighted by atomic mass is 10.1. The second-order valence-corrected chi connectivity index (χ2v) is 7.45. The maximum absolute atomic E-state index is 12.9. The van der Waals surface area contributed by atoms with Gasteiger partial charge in [-0.3, -0.25) is 9.48 Å². The van der Waals surface area contributed by atoms with Crippen molar-refractivity contribution in [3.63, 3.8) is 0 Å². The molecule has 2 aromatic rings. The molecular weight excluding hydrogens is 427 g/mol. The Hall–Kier alpha value is -2.89. The molecule has 0 unspecified atom stereocenters. The fourth-order valence-corrected chi connectivity index (χ4v) is 3.58. The van der Waals surface area contributed by atoms with Crippen LogP contribution in [0.3, 0.4) is 0 Å². The number of hydrogen-bond donors (Lipinski definition) is 1. The molecule has 30 heavy (non-hydrogen) atoms. The highest BCUT2D eigenvalue weighted by molar-refractivity contribution is 7.18. The largest absolute Gasteiger partial charge is 0.462 e. The molecule has 0 bridgehead atoms. The Morgan fingerprint density at radius 3 is 2.40 bits per heavy atom. The molecule has 0 aliphatic heterocycles. The molecule has 0 aliphatic carbocycles. The number of carbonyl (C=O) groups is 3. The van der Waals surface area contributed by atoms with Crippen LogP contribution in [0, 0.1) is 6.92 Å². The summed E-state index contributed by atoms with van der Waals surface area (Å²) in [4.78, 5) is 37.4. The van der Waals surface area contributed by atoms with Gasteiger partial charge in [-0.25, -0.2) is 9.59 Å². The summed E-state index contributed by atoms with van der Waals surface area (Å²) in [6.45, 7) is 6.44. The van der Waals surface area contributed by atoms with Crippen molar-refractivity contribution in [2.75, 3.05) is 11.9 Å². The van der Waals surface area contributed by atoms with Crippen LogP contribution in [0.25, 0.3) is 0 Å². The number of alkyl halides is 3. The van der Waals surface area contributed by atoms with Crippen LogP contribution in [0.15, 0.2) is 6.07 Å². The number of halogens is 3. The average Bonchev–Trinajstić information content (AvgIpc) is 3.14. The van der Waals surface area contributed by atoms with E-state index < -0.39 is 35.8 Å². The minimum absolute atomic E-state index is 0.0408. The Morgan fingerprint density at radius 1 is 1.27 bits per heavy atom. The van der Waals surface area contributed by atoms with Crippen molar-refractivity contribution in [1.82, 2.24) is 9.78 Å². The standard InChI is InChI=1S/C18H20F3N3O5S/c1-6-28-17(27)13-9(4)12(16(26)29-8(2)3)15(30-13)22-14(25)10-7-11(18(19,20)21)23-24(10)5/h7-8H,6H2,1-5H3,(H,22,25). The van der Waals surface area contributed by atoms with Gasteiger partial charge >= 0.3 is 18.1 Å². The van der Waals surface area contributed by atoms with Gasteiger partial charge in [-0.05, 0) is 33.3 Å². The lowest BCUT2D eigenvalue weighted by molar-refractivity contribution is -0.141. The Balaban J connectivity index is 2.46. The van der Waals surface area contributed by atoms with E-state index in [0.717, 1.165) is 16.0 Å². The normalized spacial score (nSPS) is 11.5. The SMILES string of the molecule is CCOC(=O)c1sc(NC(=O)c2cc(C(F)(F)F)nn2C)c(C(=O)OC(C)C)c1C. The Morgan fingerprint density at radius 2 is 1.90 bits per heavy atom. The van der Waals surface area contributed by atoms with Gasteiger partial charge in [0.1, 0.15) is 15.6 Å². The maximum Gasteiger partial charge on any atom is 0.435 e. The van der Waals surface area contributed by atoms with Gasteiger partial charge in [0.05, 0.1) is 18.3 Å². The fraction of sp³-hybridized carbons (Fsp3) is 0.444. The van der Waals surface area contributed by atoms with E-state index >= 15 is 0 Å². The second kappa shape index (κ2) is 8.86. The van der Waals surface area contributed by atoms with Crippen LogP contribution in [0.5, 0.6) is 0 Å². The summed E-state index contributed by atoms with van der Waals surface area (Å²) in [5, 5.41) is 5.63. The Labute approximate surface area is 174 Å². The van der Waals surface area contributed by atoms with E-state index in [9.17, 15) is 27.6 Å². The summed E-state index contributed by atoms with van der Waals surface area (Å²) in [5.41, 5.74) is -1.44. The number of carbonyl (C=O) groups excluding carboxylic acids is 3. The molecule has 0 aliphatic rings. The van der Waals surface area contributed by atoms with E-state index in [0.29, 0.717) is 6.07 Å². The molecule has 1 N–H and O–H groups in total. The van der Waals surface area contributed by atoms with Gasteiger partial charge in [0.15, 0.2) is 5.69 Å². The summed E-state index contributed by atoms with van der Waals surface area (Å²) in [5.74, 6) is -2.42. The van der Waals surface area contributed by atoms with Crippen molar-refractivity contribution in [1.29, 1.82) is 0 Å². The molecule has 2 aromatic heterocycles. The van der Waals surface area contributed by atoms with Crippen LogP contribution < -0.4 is 5.32 Å². The van der Waals surface area contributed by atoms with Gasteiger partial charge < -0.3 is 14.8 Å². The van der Waals surface area contributed by atoms with Gasteiger partial charge in [0.2, 0.25) is 0 Å². The summed E-state index contributed by atoms with van der Waals surface area (Å²) in [6.07, 6.45) is -5.20. The number of amides is 1. The third-order valence-corrected chi connectivity index (χ3v) is 4.97. The number of aromatic nitrogens is 2. The van der Waals surface area contributed by atoms with Crippen LogP contribution in [-0.2, 0) is 22.7 Å². The molecule has 0 saturated carbocycles. The topological polar surface area (TPSA) is 99.5 Å². The molecule has 0 spiro atoms. The number of rotatable bonds is 6. The van der Waals surface area contributed by atoms with E-state index in [4.69, 9.17) is 9.47 Å². The van der Waals surface area contributed by atoms with Gasteiger partial charge in [-0.15, -0.1) is 11.3 Å². The third kappa shape index (κ3) is 4.99. The van der Waals surface area contributed by atoms with E-state index in [1.54, 1.807) is 20.8 Å². The minimum atomic E-state index is -4.72. The van der Waals surface area contributed by atoms with Crippen LogP contribution in [-0.4, -0.2) is 40.3 Å². The molecule has 164 valence electrons. The van der Waals surface area contributed by atoms with Gasteiger partial charge in [0, 0.05) is 13.1 Å². The number of nitrogens with zero attached hydrogens (tertiary/aromatic N) is 2. The Kier molecular flexibility index (Phi) is 6.91. The first-order valence-electron chi connectivity index (χ1n) is 8.80. The van der Waals surface area contributed by atoms with Crippen molar-refractivity contribution in [3.05, 3.63) is 33.5 Å². The van der Waals surface area contributed by atoms with Crippen LogP contribution >= 0.6 is 11.3 Å². The number of hydrogen-bond acceptors (Lipinski definition) is 7. The number of nitrogens with one attached hydrogen (secondary N) is 1. The first kappa shape index (κ1) is 23.4. The predicted octanol–water partition coefficient (Wildman–Crippen LogP) is 3.80. The number of thiophene rings is 1. The smallest absolute Gasteiger partial charge is 0.435 e. The van der Waals surface area contributed by atoms with Gasteiger partial charge in [-0.2, -0.15) is 18.3 Å². The first-order chi connectivity index (χ1) is 13.9. The highest BCUT2D eigenvalue weighted by Crippen LogP contribution is 2.35. The zero-order chi connectivity index (χ0) is 22.8. The van der Waals surface area contributed by atoms with E-state index in [-0.39, 0.29) is 33.3 Å². The molecule has 0 aromatic carbocycles. The molecular formula is C18H20F3N3O5S. The van der Waals surface area contributed by atoms with E-state index in [1.807, 2.05) is 0 Å². The second-order valence-electron chi connectivity index (χ2n) is 6.43. The maximum atomic E-state index is 12.9. The summed E-state index contributed by atoms with van der Waals surface area (Å²) in [6, 6.07) is 0.591. The Bertz CT molecular complexity index is 979. The zero-order valence-corrected chi connectivity index (χ0v) is 17.7. The third-order valence-electron chi connectivity index (χ3n) is 3.78. The number of esters is 2. The van der Waals surface area contributed by atoms with Gasteiger partial charge in [-0.1, -0.05) is 0 Å². The molecule has 0 radical (unpaired) electrons.